The normalized spacial score (nSPS) is 13.9. The summed E-state index contributed by atoms with van der Waals surface area (Å²) < 4.78 is 10.6. The molecular weight excluding hydrogens is 214 g/mol. The van der Waals surface area contributed by atoms with Gasteiger partial charge in [0.25, 0.3) is 0 Å². The van der Waals surface area contributed by atoms with E-state index in [1.54, 1.807) is 13.4 Å². The van der Waals surface area contributed by atoms with E-state index in [1.165, 1.54) is 5.56 Å². The lowest BCUT2D eigenvalue weighted by Crippen LogP contribution is -2.39. The highest BCUT2D eigenvalue weighted by atomic mass is 16.5. The minimum atomic E-state index is -0.0882. The van der Waals surface area contributed by atoms with E-state index < -0.39 is 0 Å². The van der Waals surface area contributed by atoms with Crippen LogP contribution in [0.25, 0.3) is 0 Å². The van der Waals surface area contributed by atoms with E-state index in [9.17, 15) is 0 Å². The van der Waals surface area contributed by atoms with Gasteiger partial charge in [0.15, 0.2) is 0 Å². The third kappa shape index (κ3) is 5.37. The number of ether oxygens (including phenoxy) is 1. The molecule has 3 heteroatoms. The molecule has 0 spiro atoms. The number of furan rings is 1. The smallest absolute Gasteiger partial charge is 0.0935 e. The van der Waals surface area contributed by atoms with E-state index in [1.807, 2.05) is 12.3 Å². The maximum atomic E-state index is 5.50. The van der Waals surface area contributed by atoms with Gasteiger partial charge in [-0.1, -0.05) is 6.92 Å². The predicted octanol–water partition coefficient (Wildman–Crippen LogP) is 3.01. The highest BCUT2D eigenvalue weighted by Gasteiger charge is 2.22. The molecule has 0 aliphatic rings. The van der Waals surface area contributed by atoms with Crippen molar-refractivity contribution in [1.82, 2.24) is 5.32 Å². The van der Waals surface area contributed by atoms with Crippen molar-refractivity contribution in [3.63, 3.8) is 0 Å². The Morgan fingerprint density at radius 3 is 2.76 bits per heavy atom. The molecule has 98 valence electrons. The molecule has 0 radical (unpaired) electrons. The summed E-state index contributed by atoms with van der Waals surface area (Å²) in [6.07, 6.45) is 6.68. The van der Waals surface area contributed by atoms with Gasteiger partial charge >= 0.3 is 0 Å². The van der Waals surface area contributed by atoms with Crippen LogP contribution in [0.2, 0.25) is 0 Å². The van der Waals surface area contributed by atoms with Crippen molar-refractivity contribution < 1.29 is 9.15 Å². The summed E-state index contributed by atoms with van der Waals surface area (Å²) in [4.78, 5) is 0. The molecule has 1 rings (SSSR count). The van der Waals surface area contributed by atoms with Crippen LogP contribution in [0.15, 0.2) is 23.0 Å². The highest BCUT2D eigenvalue weighted by molar-refractivity contribution is 5.07. The Morgan fingerprint density at radius 2 is 2.24 bits per heavy atom. The molecule has 0 fully saturated rings. The molecule has 1 aromatic rings. The van der Waals surface area contributed by atoms with Gasteiger partial charge in [-0.15, -0.1) is 0 Å². The summed E-state index contributed by atoms with van der Waals surface area (Å²) in [5, 5.41) is 3.58. The molecule has 1 atom stereocenters. The number of methoxy groups -OCH3 is 1. The van der Waals surface area contributed by atoms with Crippen LogP contribution >= 0.6 is 0 Å². The van der Waals surface area contributed by atoms with Crippen LogP contribution < -0.4 is 5.32 Å². The van der Waals surface area contributed by atoms with Crippen LogP contribution in [-0.2, 0) is 11.2 Å². The van der Waals surface area contributed by atoms with Crippen LogP contribution in [0, 0.1) is 0 Å². The lowest BCUT2D eigenvalue weighted by Gasteiger charge is -2.29. The second-order valence-electron chi connectivity index (χ2n) is 5.15. The lowest BCUT2D eigenvalue weighted by atomic mass is 9.94. The number of hydrogen-bond donors (Lipinski definition) is 1. The summed E-state index contributed by atoms with van der Waals surface area (Å²) in [6.45, 7) is 7.48. The largest absolute Gasteiger partial charge is 0.472 e. The Bertz CT molecular complexity index is 293. The van der Waals surface area contributed by atoms with E-state index in [2.05, 4.69) is 26.1 Å². The molecule has 1 N–H and O–H groups in total. The monoisotopic (exact) mass is 239 g/mol. The molecule has 0 saturated carbocycles. The average Bonchev–Trinajstić information content (AvgIpc) is 2.78. The van der Waals surface area contributed by atoms with Crippen molar-refractivity contribution in [2.45, 2.75) is 51.7 Å². The van der Waals surface area contributed by atoms with Crippen molar-refractivity contribution >= 4 is 0 Å². The average molecular weight is 239 g/mol. The quantitative estimate of drug-likeness (QED) is 0.757. The summed E-state index contributed by atoms with van der Waals surface area (Å²) in [7, 11) is 1.77. The standard InChI is InChI=1S/C14H25NO2/c1-5-7-15-13(10-14(2,3)16-4)9-12-6-8-17-11-12/h6,8,11,13,15H,5,7,9-10H2,1-4H3. The summed E-state index contributed by atoms with van der Waals surface area (Å²) in [5.74, 6) is 0. The predicted molar refractivity (Wildman–Crippen MR) is 70.2 cm³/mol. The van der Waals surface area contributed by atoms with Crippen molar-refractivity contribution in [3.05, 3.63) is 24.2 Å². The van der Waals surface area contributed by atoms with Crippen LogP contribution in [-0.4, -0.2) is 25.3 Å². The van der Waals surface area contributed by atoms with Crippen LogP contribution in [0.5, 0.6) is 0 Å². The van der Waals surface area contributed by atoms with Gasteiger partial charge < -0.3 is 14.5 Å². The minimum Gasteiger partial charge on any atom is -0.472 e. The Labute approximate surface area is 105 Å². The zero-order chi connectivity index (χ0) is 12.7. The topological polar surface area (TPSA) is 34.4 Å². The van der Waals surface area contributed by atoms with E-state index >= 15 is 0 Å². The third-order valence-electron chi connectivity index (χ3n) is 3.04. The fourth-order valence-electron chi connectivity index (χ4n) is 1.94. The maximum absolute atomic E-state index is 5.50. The van der Waals surface area contributed by atoms with Crippen LogP contribution in [0.4, 0.5) is 0 Å². The van der Waals surface area contributed by atoms with Gasteiger partial charge in [-0.25, -0.2) is 0 Å². The lowest BCUT2D eigenvalue weighted by molar-refractivity contribution is 0.00713. The molecule has 3 nitrogen and oxygen atoms in total. The van der Waals surface area contributed by atoms with Gasteiger partial charge in [0, 0.05) is 13.2 Å². The molecule has 0 aliphatic carbocycles. The molecule has 1 heterocycles. The maximum Gasteiger partial charge on any atom is 0.0935 e. The minimum absolute atomic E-state index is 0.0882. The third-order valence-corrected chi connectivity index (χ3v) is 3.04. The molecular formula is C14H25NO2. The molecule has 17 heavy (non-hydrogen) atoms. The fraction of sp³-hybridized carbons (Fsp3) is 0.714. The van der Waals surface area contributed by atoms with Crippen molar-refractivity contribution in [2.24, 2.45) is 0 Å². The number of nitrogens with one attached hydrogen (secondary N) is 1. The second kappa shape index (κ2) is 6.82. The number of hydrogen-bond acceptors (Lipinski definition) is 3. The second-order valence-corrected chi connectivity index (χ2v) is 5.15. The van der Waals surface area contributed by atoms with Crippen LogP contribution in [0.3, 0.4) is 0 Å². The van der Waals surface area contributed by atoms with Crippen molar-refractivity contribution in [2.75, 3.05) is 13.7 Å². The first-order valence-corrected chi connectivity index (χ1v) is 6.37. The van der Waals surface area contributed by atoms with E-state index in [0.29, 0.717) is 6.04 Å². The molecule has 1 aromatic heterocycles. The van der Waals surface area contributed by atoms with Gasteiger partial charge in [-0.2, -0.15) is 0 Å². The zero-order valence-corrected chi connectivity index (χ0v) is 11.5. The van der Waals surface area contributed by atoms with Crippen LogP contribution in [0.1, 0.15) is 39.2 Å². The first kappa shape index (κ1) is 14.3. The van der Waals surface area contributed by atoms with Crippen molar-refractivity contribution in [1.29, 1.82) is 0 Å². The Kier molecular flexibility index (Phi) is 5.72. The Morgan fingerprint density at radius 1 is 1.47 bits per heavy atom. The molecule has 1 unspecified atom stereocenters. The van der Waals surface area contributed by atoms with E-state index in [0.717, 1.165) is 25.8 Å². The molecule has 0 aromatic carbocycles. The highest BCUT2D eigenvalue weighted by Crippen LogP contribution is 2.18. The fourth-order valence-corrected chi connectivity index (χ4v) is 1.94. The number of rotatable bonds is 8. The SMILES string of the molecule is CCCNC(Cc1ccoc1)CC(C)(C)OC. The first-order chi connectivity index (χ1) is 8.07. The van der Waals surface area contributed by atoms with Gasteiger partial charge in [0.2, 0.25) is 0 Å². The zero-order valence-electron chi connectivity index (χ0n) is 11.5. The Hall–Kier alpha value is -0.800. The van der Waals surface area contributed by atoms with E-state index in [-0.39, 0.29) is 5.60 Å². The van der Waals surface area contributed by atoms with Gasteiger partial charge in [-0.05, 0) is 51.3 Å². The Balaban J connectivity index is 2.54. The first-order valence-electron chi connectivity index (χ1n) is 6.37. The summed E-state index contributed by atoms with van der Waals surface area (Å²) in [5.41, 5.74) is 1.15. The van der Waals surface area contributed by atoms with Crippen molar-refractivity contribution in [3.8, 4) is 0 Å². The van der Waals surface area contributed by atoms with E-state index in [4.69, 9.17) is 9.15 Å². The molecule has 0 amide bonds. The summed E-state index contributed by atoms with van der Waals surface area (Å²) in [6, 6.07) is 2.46. The molecule has 0 aliphatic heterocycles. The summed E-state index contributed by atoms with van der Waals surface area (Å²) >= 11 is 0. The van der Waals surface area contributed by atoms with Gasteiger partial charge in [-0.3, -0.25) is 0 Å². The molecule has 0 saturated heterocycles. The molecule has 0 bridgehead atoms. The van der Waals surface area contributed by atoms with Gasteiger partial charge in [0.1, 0.15) is 0 Å². The van der Waals surface area contributed by atoms with Gasteiger partial charge in [0.05, 0.1) is 18.1 Å².